The summed E-state index contributed by atoms with van der Waals surface area (Å²) in [6.45, 7) is 1.99. The van der Waals surface area contributed by atoms with Crippen molar-refractivity contribution in [3.63, 3.8) is 0 Å². The molecule has 1 aromatic rings. The quantitative estimate of drug-likeness (QED) is 0.507. The Morgan fingerprint density at radius 2 is 2.40 bits per heavy atom. The van der Waals surface area contributed by atoms with Gasteiger partial charge in [0.25, 0.3) is 0 Å². The number of carbonyl (C=O) groups excluding carboxylic acids is 1. The average Bonchev–Trinajstić information content (AvgIpc) is 2.34. The Bertz CT molecular complexity index is 262. The van der Waals surface area contributed by atoms with Gasteiger partial charge < -0.3 is 0 Å². The van der Waals surface area contributed by atoms with Gasteiger partial charge in [-0.05, 0) is 19.1 Å². The Balaban J connectivity index is 2.95. The van der Waals surface area contributed by atoms with E-state index in [1.54, 1.807) is 0 Å². The van der Waals surface area contributed by atoms with Gasteiger partial charge in [0.2, 0.25) is 5.12 Å². The third-order valence-electron chi connectivity index (χ3n) is 1.09. The van der Waals surface area contributed by atoms with Crippen molar-refractivity contribution in [3.05, 3.63) is 21.9 Å². The first-order valence-electron chi connectivity index (χ1n) is 2.81. The van der Waals surface area contributed by atoms with Crippen molar-refractivity contribution in [2.75, 3.05) is 0 Å². The van der Waals surface area contributed by atoms with Crippen LogP contribution < -0.4 is 0 Å². The van der Waals surface area contributed by atoms with Crippen LogP contribution in [0.2, 0.25) is 0 Å². The smallest absolute Gasteiger partial charge is 0.220 e. The second-order valence-corrected chi connectivity index (χ2v) is 3.88. The summed E-state index contributed by atoms with van der Waals surface area (Å²) < 4.78 is 0. The lowest BCUT2D eigenvalue weighted by atomic mass is 10.4. The third kappa shape index (κ3) is 1.55. The van der Waals surface area contributed by atoms with Crippen molar-refractivity contribution in [1.82, 2.24) is 0 Å². The highest BCUT2D eigenvalue weighted by Gasteiger charge is 2.01. The molecule has 0 fully saturated rings. The highest BCUT2D eigenvalue weighted by Crippen LogP contribution is 2.17. The molecule has 0 unspecified atom stereocenters. The Morgan fingerprint density at radius 3 is 2.80 bits per heavy atom. The summed E-state index contributed by atoms with van der Waals surface area (Å²) in [7, 11) is 0. The molecule has 0 aromatic carbocycles. The number of carbonyl (C=O) groups is 1. The molecule has 0 bridgehead atoms. The van der Waals surface area contributed by atoms with Gasteiger partial charge in [-0.2, -0.15) is 0 Å². The highest BCUT2D eigenvalue weighted by molar-refractivity contribution is 8.11. The molecule has 0 saturated heterocycles. The van der Waals surface area contributed by atoms with E-state index in [1.165, 1.54) is 16.2 Å². The van der Waals surface area contributed by atoms with E-state index in [9.17, 15) is 4.79 Å². The molecule has 0 amide bonds. The van der Waals surface area contributed by atoms with E-state index in [4.69, 9.17) is 0 Å². The number of rotatable bonds is 1. The third-order valence-corrected chi connectivity index (χ3v) is 2.77. The van der Waals surface area contributed by atoms with Gasteiger partial charge in [0.15, 0.2) is 0 Å². The molecule has 0 N–H and O–H groups in total. The predicted octanol–water partition coefficient (Wildman–Crippen LogP) is 2.09. The van der Waals surface area contributed by atoms with E-state index in [1.807, 2.05) is 19.1 Å². The topological polar surface area (TPSA) is 17.1 Å². The standard InChI is InChI=1S/C7H8OS2/c1-5-3-4-6(10-5)7(8)9-2/h3-4,9H,2H2,1H3. The molecule has 1 rings (SSSR count). The molecule has 0 aliphatic carbocycles. The first-order valence-corrected chi connectivity index (χ1v) is 4.71. The minimum atomic E-state index is 0.109. The van der Waals surface area contributed by atoms with Crippen LogP contribution in [-0.4, -0.2) is 11.0 Å². The van der Waals surface area contributed by atoms with Gasteiger partial charge in [-0.3, -0.25) is 4.79 Å². The largest absolute Gasteiger partial charge is 0.281 e. The zero-order chi connectivity index (χ0) is 7.56. The van der Waals surface area contributed by atoms with Gasteiger partial charge in [0.05, 0.1) is 4.88 Å². The van der Waals surface area contributed by atoms with Crippen LogP contribution in [0.15, 0.2) is 12.1 Å². The fourth-order valence-electron chi connectivity index (χ4n) is 0.627. The summed E-state index contributed by atoms with van der Waals surface area (Å²) in [5, 5.41) is 0.109. The van der Waals surface area contributed by atoms with Crippen LogP contribution in [0.1, 0.15) is 14.5 Å². The minimum absolute atomic E-state index is 0.109. The zero-order valence-corrected chi connectivity index (χ0v) is 7.34. The molecule has 1 aromatic heterocycles. The lowest BCUT2D eigenvalue weighted by molar-refractivity contribution is 0.109. The average molecular weight is 172 g/mol. The Kier molecular flexibility index (Phi) is 2.40. The lowest BCUT2D eigenvalue weighted by Crippen LogP contribution is -1.81. The van der Waals surface area contributed by atoms with Gasteiger partial charge in [0.1, 0.15) is 0 Å². The van der Waals surface area contributed by atoms with Crippen LogP contribution in [0.4, 0.5) is 0 Å². The molecular formula is C7H8OS2. The van der Waals surface area contributed by atoms with E-state index in [0.29, 0.717) is 11.4 Å². The van der Waals surface area contributed by atoms with E-state index < -0.39 is 0 Å². The molecule has 0 spiro atoms. The monoisotopic (exact) mass is 172 g/mol. The second-order valence-electron chi connectivity index (χ2n) is 1.87. The summed E-state index contributed by atoms with van der Waals surface area (Å²) in [4.78, 5) is 12.9. The predicted molar refractivity (Wildman–Crippen MR) is 49.5 cm³/mol. The molecule has 0 saturated carbocycles. The maximum Gasteiger partial charge on any atom is 0.220 e. The maximum absolute atomic E-state index is 11.0. The number of thiophene rings is 1. The van der Waals surface area contributed by atoms with Crippen LogP contribution in [0.25, 0.3) is 0 Å². The summed E-state index contributed by atoms with van der Waals surface area (Å²) in [5.74, 6) is 3.50. The van der Waals surface area contributed by atoms with Crippen molar-refractivity contribution in [1.29, 1.82) is 0 Å². The molecule has 0 aliphatic rings. The number of hydrogen-bond acceptors (Lipinski definition) is 2. The van der Waals surface area contributed by atoms with Crippen LogP contribution in [0.5, 0.6) is 0 Å². The van der Waals surface area contributed by atoms with Gasteiger partial charge in [-0.15, -0.1) is 22.7 Å². The first kappa shape index (κ1) is 7.69. The van der Waals surface area contributed by atoms with Crippen molar-refractivity contribution in [2.24, 2.45) is 0 Å². The first-order chi connectivity index (χ1) is 4.74. The van der Waals surface area contributed by atoms with Crippen LogP contribution in [0, 0.1) is 6.92 Å². The van der Waals surface area contributed by atoms with E-state index in [2.05, 4.69) is 5.87 Å². The fourth-order valence-corrected chi connectivity index (χ4v) is 1.89. The van der Waals surface area contributed by atoms with Gasteiger partial charge in [-0.1, -0.05) is 5.87 Å². The molecule has 0 radical (unpaired) electrons. The van der Waals surface area contributed by atoms with E-state index >= 15 is 0 Å². The summed E-state index contributed by atoms with van der Waals surface area (Å²) in [6.07, 6.45) is 0. The molecule has 54 valence electrons. The molecule has 10 heavy (non-hydrogen) atoms. The van der Waals surface area contributed by atoms with Crippen LogP contribution in [-0.2, 0) is 0 Å². The maximum atomic E-state index is 11.0. The van der Waals surface area contributed by atoms with Crippen molar-refractivity contribution < 1.29 is 4.79 Å². The summed E-state index contributed by atoms with van der Waals surface area (Å²) in [5.41, 5.74) is 0. The Labute approximate surface area is 67.7 Å². The Morgan fingerprint density at radius 1 is 1.70 bits per heavy atom. The molecule has 1 nitrogen and oxygen atoms in total. The normalized spacial score (nSPS) is 9.70. The number of thiol groups is 1. The van der Waals surface area contributed by atoms with Crippen LogP contribution in [0.3, 0.4) is 0 Å². The highest BCUT2D eigenvalue weighted by atomic mass is 32.1. The second kappa shape index (κ2) is 3.12. The Hall–Kier alpha value is -0.410. The molecule has 3 heteroatoms. The molecular weight excluding hydrogens is 164 g/mol. The minimum Gasteiger partial charge on any atom is -0.281 e. The van der Waals surface area contributed by atoms with Crippen LogP contribution >= 0.6 is 22.7 Å². The zero-order valence-electron chi connectivity index (χ0n) is 5.63. The van der Waals surface area contributed by atoms with E-state index in [-0.39, 0.29) is 5.12 Å². The van der Waals surface area contributed by atoms with Crippen molar-refractivity contribution in [2.45, 2.75) is 6.92 Å². The van der Waals surface area contributed by atoms with Gasteiger partial charge in [-0.25, -0.2) is 0 Å². The van der Waals surface area contributed by atoms with Gasteiger partial charge >= 0.3 is 0 Å². The van der Waals surface area contributed by atoms with Crippen molar-refractivity contribution >= 4 is 33.7 Å². The fraction of sp³-hybridized carbons (Fsp3) is 0.143. The molecule has 0 atom stereocenters. The molecule has 1 heterocycles. The molecule has 0 aliphatic heterocycles. The van der Waals surface area contributed by atoms with Gasteiger partial charge in [0, 0.05) is 4.88 Å². The summed E-state index contributed by atoms with van der Waals surface area (Å²) in [6, 6.07) is 3.80. The number of aryl methyl sites for hydroxylation is 1. The lowest BCUT2D eigenvalue weighted by Gasteiger charge is -1.83. The number of hydrogen-bond donors (Lipinski definition) is 1. The summed E-state index contributed by atoms with van der Waals surface area (Å²) >= 11 is 2.10. The van der Waals surface area contributed by atoms with Crippen molar-refractivity contribution in [3.8, 4) is 0 Å². The van der Waals surface area contributed by atoms with E-state index in [0.717, 1.165) is 4.88 Å². The SMILES string of the molecule is C=[SH]C(=O)c1ccc(C)s1.